The lowest BCUT2D eigenvalue weighted by atomic mass is 10.2. The van der Waals surface area contributed by atoms with E-state index >= 15 is 0 Å². The topological polar surface area (TPSA) is 70.7 Å². The lowest BCUT2D eigenvalue weighted by molar-refractivity contribution is -0.123. The molecule has 0 aliphatic rings. The first kappa shape index (κ1) is 15.0. The third-order valence-electron chi connectivity index (χ3n) is 3.50. The van der Waals surface area contributed by atoms with Gasteiger partial charge in [-0.15, -0.1) is 0 Å². The predicted octanol–water partition coefficient (Wildman–Crippen LogP) is 2.58. The van der Waals surface area contributed by atoms with Crippen LogP contribution < -0.4 is 5.32 Å². The van der Waals surface area contributed by atoms with Crippen LogP contribution in [-0.4, -0.2) is 22.0 Å². The van der Waals surface area contributed by atoms with E-state index < -0.39 is 0 Å². The second kappa shape index (κ2) is 6.89. The highest BCUT2D eigenvalue weighted by molar-refractivity contribution is 5.84. The highest BCUT2D eigenvalue weighted by Gasteiger charge is 2.20. The summed E-state index contributed by atoms with van der Waals surface area (Å²) in [6.07, 6.45) is 2.21. The number of aromatic nitrogens is 2. The Morgan fingerprint density at radius 1 is 1.48 bits per heavy atom. The maximum absolute atomic E-state index is 12.3. The van der Waals surface area contributed by atoms with Gasteiger partial charge in [0.05, 0.1) is 23.5 Å². The molecule has 1 heterocycles. The molecule has 1 atom stereocenters. The van der Waals surface area contributed by atoms with Gasteiger partial charge in [0.1, 0.15) is 11.9 Å². The van der Waals surface area contributed by atoms with Crippen LogP contribution in [0.3, 0.4) is 0 Å². The maximum Gasteiger partial charge on any atom is 0.242 e. The number of benzene rings is 1. The number of fused-ring (bicyclic) bond motifs is 1. The zero-order valence-electron chi connectivity index (χ0n) is 12.5. The van der Waals surface area contributed by atoms with Crippen molar-refractivity contribution in [3.05, 3.63) is 30.1 Å². The van der Waals surface area contributed by atoms with Gasteiger partial charge in [-0.25, -0.2) is 4.98 Å². The summed E-state index contributed by atoms with van der Waals surface area (Å²) in [5.41, 5.74) is 1.71. The average molecular weight is 284 g/mol. The van der Waals surface area contributed by atoms with Gasteiger partial charge in [0, 0.05) is 6.54 Å². The first-order valence-corrected chi connectivity index (χ1v) is 7.29. The molecule has 0 radical (unpaired) electrons. The second-order valence-corrected chi connectivity index (χ2v) is 5.04. The molecule has 2 aromatic rings. The van der Waals surface area contributed by atoms with Crippen LogP contribution in [0.5, 0.6) is 0 Å². The summed E-state index contributed by atoms with van der Waals surface area (Å²) in [4.78, 5) is 16.7. The second-order valence-electron chi connectivity index (χ2n) is 5.04. The Balaban J connectivity index is 2.32. The van der Waals surface area contributed by atoms with E-state index in [0.29, 0.717) is 12.4 Å². The number of unbranched alkanes of at least 4 members (excludes halogenated alkanes) is 1. The van der Waals surface area contributed by atoms with Gasteiger partial charge in [0.25, 0.3) is 0 Å². The molecule has 0 bridgehead atoms. The highest BCUT2D eigenvalue weighted by Crippen LogP contribution is 2.21. The number of nitriles is 1. The van der Waals surface area contributed by atoms with Crippen LogP contribution in [0.15, 0.2) is 24.3 Å². The number of rotatable bonds is 6. The summed E-state index contributed by atoms with van der Waals surface area (Å²) in [7, 11) is 0. The summed E-state index contributed by atoms with van der Waals surface area (Å²) < 4.78 is 1.86. The molecule has 1 N–H and O–H groups in total. The van der Waals surface area contributed by atoms with Crippen molar-refractivity contribution < 1.29 is 4.79 Å². The fourth-order valence-electron chi connectivity index (χ4n) is 2.38. The quantitative estimate of drug-likeness (QED) is 0.829. The van der Waals surface area contributed by atoms with Crippen LogP contribution in [0.4, 0.5) is 0 Å². The number of para-hydroxylation sites is 2. The molecule has 0 saturated carbocycles. The van der Waals surface area contributed by atoms with Gasteiger partial charge in [-0.1, -0.05) is 25.5 Å². The minimum Gasteiger partial charge on any atom is -0.354 e. The van der Waals surface area contributed by atoms with Gasteiger partial charge < -0.3 is 9.88 Å². The number of imidazole rings is 1. The molecule has 0 aliphatic carbocycles. The van der Waals surface area contributed by atoms with Crippen molar-refractivity contribution in [2.24, 2.45) is 0 Å². The first-order valence-electron chi connectivity index (χ1n) is 7.29. The maximum atomic E-state index is 12.3. The fraction of sp³-hybridized carbons (Fsp3) is 0.438. The van der Waals surface area contributed by atoms with E-state index in [1.54, 1.807) is 0 Å². The Morgan fingerprint density at radius 3 is 2.95 bits per heavy atom. The minimum atomic E-state index is -0.377. The van der Waals surface area contributed by atoms with Crippen molar-refractivity contribution in [3.63, 3.8) is 0 Å². The van der Waals surface area contributed by atoms with Gasteiger partial charge in [-0.2, -0.15) is 5.26 Å². The summed E-state index contributed by atoms with van der Waals surface area (Å²) >= 11 is 0. The molecule has 2 rings (SSSR count). The van der Waals surface area contributed by atoms with E-state index in [9.17, 15) is 4.79 Å². The normalized spacial score (nSPS) is 12.0. The number of hydrogen-bond donors (Lipinski definition) is 1. The Morgan fingerprint density at radius 2 is 2.24 bits per heavy atom. The Labute approximate surface area is 124 Å². The smallest absolute Gasteiger partial charge is 0.242 e. The van der Waals surface area contributed by atoms with Gasteiger partial charge >= 0.3 is 0 Å². The van der Waals surface area contributed by atoms with Gasteiger partial charge in [-0.05, 0) is 25.5 Å². The lowest BCUT2D eigenvalue weighted by Crippen LogP contribution is -2.32. The molecule has 5 heteroatoms. The SMILES string of the molecule is CCCCNC(=O)C(C)n1c(CC#N)nc2ccccc21. The third-order valence-corrected chi connectivity index (χ3v) is 3.50. The minimum absolute atomic E-state index is 0.0363. The number of nitrogens with one attached hydrogen (secondary N) is 1. The van der Waals surface area contributed by atoms with Crippen LogP contribution in [0.2, 0.25) is 0 Å². The third kappa shape index (κ3) is 3.22. The summed E-state index contributed by atoms with van der Waals surface area (Å²) in [6.45, 7) is 4.61. The number of nitrogens with zero attached hydrogens (tertiary/aromatic N) is 3. The van der Waals surface area contributed by atoms with Crippen molar-refractivity contribution in [3.8, 4) is 6.07 Å². The van der Waals surface area contributed by atoms with E-state index in [4.69, 9.17) is 5.26 Å². The molecule has 0 aliphatic heterocycles. The Bertz CT molecular complexity index is 668. The number of carbonyl (C=O) groups is 1. The Kier molecular flexibility index (Phi) is 4.94. The van der Waals surface area contributed by atoms with Crippen LogP contribution in [0.25, 0.3) is 11.0 Å². The average Bonchev–Trinajstić information content (AvgIpc) is 2.85. The lowest BCUT2D eigenvalue weighted by Gasteiger charge is -2.16. The first-order chi connectivity index (χ1) is 10.2. The van der Waals surface area contributed by atoms with Crippen molar-refractivity contribution in [2.75, 3.05) is 6.54 Å². The molecular formula is C16H20N4O. The Hall–Kier alpha value is -2.35. The number of carbonyl (C=O) groups excluding carboxylic acids is 1. The number of amides is 1. The largest absolute Gasteiger partial charge is 0.354 e. The standard InChI is InChI=1S/C16H20N4O/c1-3-4-11-18-16(21)12(2)20-14-8-6-5-7-13(14)19-15(20)9-10-17/h5-8,12H,3-4,9,11H2,1-2H3,(H,18,21). The van der Waals surface area contributed by atoms with Crippen LogP contribution in [-0.2, 0) is 11.2 Å². The molecule has 1 unspecified atom stereocenters. The zero-order chi connectivity index (χ0) is 15.2. The molecule has 1 aromatic heterocycles. The summed E-state index contributed by atoms with van der Waals surface area (Å²) in [5, 5.41) is 11.9. The van der Waals surface area contributed by atoms with E-state index in [-0.39, 0.29) is 18.4 Å². The molecule has 5 nitrogen and oxygen atoms in total. The van der Waals surface area contributed by atoms with Crippen molar-refractivity contribution in [1.29, 1.82) is 5.26 Å². The molecule has 1 aromatic carbocycles. The fourth-order valence-corrected chi connectivity index (χ4v) is 2.38. The van der Waals surface area contributed by atoms with Crippen molar-refractivity contribution >= 4 is 16.9 Å². The molecular weight excluding hydrogens is 264 g/mol. The van der Waals surface area contributed by atoms with Crippen LogP contribution in [0.1, 0.15) is 38.6 Å². The van der Waals surface area contributed by atoms with E-state index in [2.05, 4.69) is 23.3 Å². The molecule has 21 heavy (non-hydrogen) atoms. The monoisotopic (exact) mass is 284 g/mol. The summed E-state index contributed by atoms with van der Waals surface area (Å²) in [5.74, 6) is 0.600. The van der Waals surface area contributed by atoms with Gasteiger partial charge in [-0.3, -0.25) is 4.79 Å². The van der Waals surface area contributed by atoms with Gasteiger partial charge in [0.15, 0.2) is 0 Å². The van der Waals surface area contributed by atoms with E-state index in [1.807, 2.05) is 35.8 Å². The summed E-state index contributed by atoms with van der Waals surface area (Å²) in [6, 6.07) is 9.39. The predicted molar refractivity (Wildman–Crippen MR) is 81.7 cm³/mol. The molecule has 0 fully saturated rings. The number of hydrogen-bond acceptors (Lipinski definition) is 3. The molecule has 0 saturated heterocycles. The van der Waals surface area contributed by atoms with Crippen molar-refractivity contribution in [1.82, 2.24) is 14.9 Å². The van der Waals surface area contributed by atoms with Crippen LogP contribution in [0, 0.1) is 11.3 Å². The molecule has 110 valence electrons. The molecule has 0 spiro atoms. The van der Waals surface area contributed by atoms with E-state index in [1.165, 1.54) is 0 Å². The zero-order valence-corrected chi connectivity index (χ0v) is 12.5. The highest BCUT2D eigenvalue weighted by atomic mass is 16.2. The molecule has 1 amide bonds. The van der Waals surface area contributed by atoms with Crippen molar-refractivity contribution in [2.45, 2.75) is 39.2 Å². The van der Waals surface area contributed by atoms with Gasteiger partial charge in [0.2, 0.25) is 5.91 Å². The van der Waals surface area contributed by atoms with E-state index in [0.717, 1.165) is 23.9 Å². The van der Waals surface area contributed by atoms with Crippen LogP contribution >= 0.6 is 0 Å².